The van der Waals surface area contributed by atoms with Crippen molar-refractivity contribution in [1.82, 2.24) is 0 Å². The zero-order valence-corrected chi connectivity index (χ0v) is 18.8. The molecule has 0 radical (unpaired) electrons. The number of allylic oxidation sites excluding steroid dienone is 1. The van der Waals surface area contributed by atoms with Crippen molar-refractivity contribution in [2.45, 2.75) is 24.8 Å². The molecule has 0 amide bonds. The molecular formula is C26H23BrN2O2. The van der Waals surface area contributed by atoms with E-state index in [0.717, 1.165) is 50.4 Å². The number of hydrogen-bond donors (Lipinski definition) is 2. The number of ketones is 1. The molecule has 156 valence electrons. The molecule has 4 nitrogen and oxygen atoms in total. The summed E-state index contributed by atoms with van der Waals surface area (Å²) < 4.78 is 6.28. The average molecular weight is 475 g/mol. The number of para-hydroxylation sites is 2. The summed E-state index contributed by atoms with van der Waals surface area (Å²) in [4.78, 5) is 13.6. The Bertz CT molecular complexity index is 1170. The molecule has 0 saturated carbocycles. The summed E-state index contributed by atoms with van der Waals surface area (Å²) in [6, 6.07) is 24.1. The molecule has 3 aromatic carbocycles. The van der Waals surface area contributed by atoms with Crippen LogP contribution in [0.5, 0.6) is 5.75 Å². The summed E-state index contributed by atoms with van der Waals surface area (Å²) in [5, 5.41) is 7.22. The molecule has 0 bridgehead atoms. The van der Waals surface area contributed by atoms with Crippen molar-refractivity contribution in [1.29, 1.82) is 0 Å². The van der Waals surface area contributed by atoms with E-state index < -0.39 is 0 Å². The fourth-order valence-electron chi connectivity index (χ4n) is 4.55. The largest absolute Gasteiger partial charge is 0.497 e. The van der Waals surface area contributed by atoms with Crippen molar-refractivity contribution >= 4 is 33.1 Å². The lowest BCUT2D eigenvalue weighted by Gasteiger charge is -2.30. The molecule has 1 aliphatic carbocycles. The third-order valence-electron chi connectivity index (χ3n) is 6.11. The summed E-state index contributed by atoms with van der Waals surface area (Å²) in [6.45, 7) is 0. The molecule has 3 aromatic rings. The number of fused-ring (bicyclic) bond motifs is 1. The van der Waals surface area contributed by atoms with Crippen molar-refractivity contribution in [3.8, 4) is 5.75 Å². The minimum Gasteiger partial charge on any atom is -0.497 e. The smallest absolute Gasteiger partial charge is 0.163 e. The van der Waals surface area contributed by atoms with Crippen LogP contribution >= 0.6 is 15.9 Å². The summed E-state index contributed by atoms with van der Waals surface area (Å²) in [5.74, 6) is 1.14. The van der Waals surface area contributed by atoms with Gasteiger partial charge in [-0.05, 0) is 53.8 Å². The second-order valence-corrected chi connectivity index (χ2v) is 8.82. The standard InChI is InChI=1S/C26H23BrN2O2/c1-31-18-12-10-16(11-13-18)17-14-23-25(24(30)15-17)26(19-6-2-3-7-20(19)27)29-22-9-5-4-8-21(22)28-23/h2-13,17,26,28-29H,14-15H2,1H3/t17-,26-/m1/s1. The Morgan fingerprint density at radius 2 is 1.61 bits per heavy atom. The van der Waals surface area contributed by atoms with Crippen LogP contribution in [0.15, 0.2) is 88.5 Å². The topological polar surface area (TPSA) is 50.4 Å². The maximum Gasteiger partial charge on any atom is 0.163 e. The zero-order chi connectivity index (χ0) is 21.4. The number of methoxy groups -OCH3 is 1. The molecule has 5 rings (SSSR count). The fourth-order valence-corrected chi connectivity index (χ4v) is 5.06. The number of ether oxygens (including phenoxy) is 1. The van der Waals surface area contributed by atoms with Gasteiger partial charge >= 0.3 is 0 Å². The second kappa shape index (κ2) is 8.23. The molecule has 1 aliphatic heterocycles. The average Bonchev–Trinajstić information content (AvgIpc) is 2.96. The van der Waals surface area contributed by atoms with E-state index in [1.165, 1.54) is 0 Å². The number of anilines is 2. The van der Waals surface area contributed by atoms with Crippen molar-refractivity contribution in [2.75, 3.05) is 17.7 Å². The van der Waals surface area contributed by atoms with Crippen molar-refractivity contribution < 1.29 is 9.53 Å². The summed E-state index contributed by atoms with van der Waals surface area (Å²) in [5.41, 5.74) is 6.03. The van der Waals surface area contributed by atoms with Crippen LogP contribution in [0.3, 0.4) is 0 Å². The first-order chi connectivity index (χ1) is 15.1. The van der Waals surface area contributed by atoms with Gasteiger partial charge in [0.15, 0.2) is 5.78 Å². The van der Waals surface area contributed by atoms with Gasteiger partial charge in [-0.25, -0.2) is 0 Å². The van der Waals surface area contributed by atoms with Gasteiger partial charge in [0, 0.05) is 22.2 Å². The van der Waals surface area contributed by atoms with Gasteiger partial charge in [0.1, 0.15) is 5.75 Å². The Labute approximate surface area is 190 Å². The van der Waals surface area contributed by atoms with E-state index in [-0.39, 0.29) is 17.7 Å². The van der Waals surface area contributed by atoms with E-state index in [0.29, 0.717) is 6.42 Å². The molecule has 0 unspecified atom stereocenters. The van der Waals surface area contributed by atoms with Gasteiger partial charge in [0.05, 0.1) is 24.5 Å². The lowest BCUT2D eigenvalue weighted by atomic mass is 9.78. The van der Waals surface area contributed by atoms with E-state index in [2.05, 4.69) is 56.9 Å². The lowest BCUT2D eigenvalue weighted by Crippen LogP contribution is -2.27. The Kier molecular flexibility index (Phi) is 5.28. The molecule has 1 heterocycles. The number of carbonyl (C=O) groups excluding carboxylic acids is 1. The van der Waals surface area contributed by atoms with Crippen LogP contribution in [-0.2, 0) is 4.79 Å². The third kappa shape index (κ3) is 3.74. The van der Waals surface area contributed by atoms with Crippen LogP contribution in [0.2, 0.25) is 0 Å². The highest BCUT2D eigenvalue weighted by Gasteiger charge is 2.36. The molecule has 2 N–H and O–H groups in total. The quantitative estimate of drug-likeness (QED) is 0.458. The van der Waals surface area contributed by atoms with Gasteiger partial charge in [-0.1, -0.05) is 58.4 Å². The van der Waals surface area contributed by atoms with E-state index in [4.69, 9.17) is 4.74 Å². The van der Waals surface area contributed by atoms with Crippen LogP contribution in [0.4, 0.5) is 11.4 Å². The number of halogens is 1. The third-order valence-corrected chi connectivity index (χ3v) is 6.83. The Hall–Kier alpha value is -3.05. The molecule has 0 spiro atoms. The maximum atomic E-state index is 13.6. The van der Waals surface area contributed by atoms with Gasteiger partial charge in [-0.3, -0.25) is 4.79 Å². The highest BCUT2D eigenvalue weighted by atomic mass is 79.9. The molecule has 5 heteroatoms. The van der Waals surface area contributed by atoms with Gasteiger partial charge in [-0.15, -0.1) is 0 Å². The van der Waals surface area contributed by atoms with Gasteiger partial charge in [0.25, 0.3) is 0 Å². The normalized spacial score (nSPS) is 20.1. The van der Waals surface area contributed by atoms with Crippen molar-refractivity contribution in [3.05, 3.63) is 99.7 Å². The predicted molar refractivity (Wildman–Crippen MR) is 128 cm³/mol. The number of hydrogen-bond acceptors (Lipinski definition) is 4. The molecule has 2 atom stereocenters. The highest BCUT2D eigenvalue weighted by molar-refractivity contribution is 9.10. The van der Waals surface area contributed by atoms with Gasteiger partial charge < -0.3 is 15.4 Å². The summed E-state index contributed by atoms with van der Waals surface area (Å²) >= 11 is 3.69. The summed E-state index contributed by atoms with van der Waals surface area (Å²) in [7, 11) is 1.66. The van der Waals surface area contributed by atoms with E-state index in [1.807, 2.05) is 42.5 Å². The number of rotatable bonds is 3. The molecule has 0 fully saturated rings. The van der Waals surface area contributed by atoms with Gasteiger partial charge in [0.2, 0.25) is 0 Å². The van der Waals surface area contributed by atoms with E-state index >= 15 is 0 Å². The number of carbonyl (C=O) groups is 1. The van der Waals surface area contributed by atoms with Crippen LogP contribution in [0, 0.1) is 0 Å². The SMILES string of the molecule is COc1ccc([C@H]2CC(=O)C3=C(C2)Nc2ccccc2N[C@@H]3c2ccccc2Br)cc1. The highest BCUT2D eigenvalue weighted by Crippen LogP contribution is 2.45. The summed E-state index contributed by atoms with van der Waals surface area (Å²) in [6.07, 6.45) is 1.27. The minimum atomic E-state index is -0.217. The maximum absolute atomic E-state index is 13.6. The Morgan fingerprint density at radius 3 is 2.35 bits per heavy atom. The Balaban J connectivity index is 1.59. The lowest BCUT2D eigenvalue weighted by molar-refractivity contribution is -0.116. The molecule has 0 saturated heterocycles. The molecule has 2 aliphatic rings. The van der Waals surface area contributed by atoms with Crippen LogP contribution in [-0.4, -0.2) is 12.9 Å². The first-order valence-corrected chi connectivity index (χ1v) is 11.2. The predicted octanol–water partition coefficient (Wildman–Crippen LogP) is 6.44. The van der Waals surface area contributed by atoms with Gasteiger partial charge in [-0.2, -0.15) is 0 Å². The van der Waals surface area contributed by atoms with E-state index in [1.54, 1.807) is 7.11 Å². The first-order valence-electron chi connectivity index (χ1n) is 10.4. The Morgan fingerprint density at radius 1 is 0.903 bits per heavy atom. The van der Waals surface area contributed by atoms with Crippen LogP contribution in [0.1, 0.15) is 35.9 Å². The zero-order valence-electron chi connectivity index (χ0n) is 17.2. The molecule has 31 heavy (non-hydrogen) atoms. The monoisotopic (exact) mass is 474 g/mol. The van der Waals surface area contributed by atoms with Crippen LogP contribution < -0.4 is 15.4 Å². The number of Topliss-reactive ketones (excluding diaryl/α,β-unsaturated/α-hetero) is 1. The van der Waals surface area contributed by atoms with Crippen molar-refractivity contribution in [2.24, 2.45) is 0 Å². The molecule has 0 aromatic heterocycles. The fraction of sp³-hybridized carbons (Fsp3) is 0.192. The molecular weight excluding hydrogens is 452 g/mol. The second-order valence-electron chi connectivity index (χ2n) is 7.96. The van der Waals surface area contributed by atoms with E-state index in [9.17, 15) is 4.79 Å². The minimum absolute atomic E-state index is 0.134. The van der Waals surface area contributed by atoms with Crippen molar-refractivity contribution in [3.63, 3.8) is 0 Å². The van der Waals surface area contributed by atoms with Crippen LogP contribution in [0.25, 0.3) is 0 Å². The number of benzene rings is 3. The first kappa shape index (κ1) is 19.9. The number of nitrogens with one attached hydrogen (secondary N) is 2.